The van der Waals surface area contributed by atoms with Gasteiger partial charge in [-0.05, 0) is 93.8 Å². The fourth-order valence-corrected chi connectivity index (χ4v) is 4.90. The topological polar surface area (TPSA) is 78.8 Å². The van der Waals surface area contributed by atoms with E-state index < -0.39 is 0 Å². The van der Waals surface area contributed by atoms with Crippen molar-refractivity contribution in [2.75, 3.05) is 0 Å². The van der Waals surface area contributed by atoms with E-state index in [9.17, 15) is 0 Å². The molecule has 5 aromatic rings. The lowest BCUT2D eigenvalue weighted by Crippen LogP contribution is -1.96. The van der Waals surface area contributed by atoms with Crippen LogP contribution in [0.15, 0.2) is 104 Å². The molecule has 0 saturated carbocycles. The van der Waals surface area contributed by atoms with Crippen LogP contribution in [0, 0.1) is 22.7 Å². The summed E-state index contributed by atoms with van der Waals surface area (Å²) in [5.74, 6) is 3.09. The summed E-state index contributed by atoms with van der Waals surface area (Å²) in [5, 5.41) is 20.6. The second-order valence-electron chi connectivity index (χ2n) is 10.5. The van der Waals surface area contributed by atoms with Crippen LogP contribution in [0.1, 0.15) is 52.6 Å². The third-order valence-electron chi connectivity index (χ3n) is 7.65. The van der Waals surface area contributed by atoms with E-state index in [0.717, 1.165) is 69.3 Å². The number of rotatable bonds is 8. The van der Waals surface area contributed by atoms with Gasteiger partial charge < -0.3 is 13.4 Å². The Hall–Kier alpha value is -5.26. The normalized spacial score (nSPS) is 13.1. The van der Waals surface area contributed by atoms with Crippen LogP contribution < -0.4 is 0 Å². The molecule has 0 radical (unpaired) electrons. The smallest absolute Gasteiger partial charge is 0.134 e. The summed E-state index contributed by atoms with van der Waals surface area (Å²) in [7, 11) is 0. The van der Waals surface area contributed by atoms with Crippen LogP contribution in [-0.4, -0.2) is 4.57 Å². The summed E-state index contributed by atoms with van der Waals surface area (Å²) >= 11 is 0. The Kier molecular flexibility index (Phi) is 8.14. The van der Waals surface area contributed by atoms with Gasteiger partial charge in [0, 0.05) is 50.6 Å². The van der Waals surface area contributed by atoms with Gasteiger partial charge in [-0.3, -0.25) is 0 Å². The average molecular weight is 552 g/mol. The SMILES string of the molecule is CCCn1c2cc(-c3ccc(/C=C/C(C)=C(/C)C#N)o3)ccc2c2ccc(-c3ccc(/C=C/C(C)=C(/C)C#N)o3)cc21. The van der Waals surface area contributed by atoms with Crippen molar-refractivity contribution in [2.24, 2.45) is 0 Å². The first-order valence-corrected chi connectivity index (χ1v) is 14.1. The molecule has 3 heterocycles. The molecule has 3 aromatic heterocycles. The lowest BCUT2D eigenvalue weighted by atomic mass is 10.1. The second kappa shape index (κ2) is 12.1. The summed E-state index contributed by atoms with van der Waals surface area (Å²) in [6.45, 7) is 10.5. The third kappa shape index (κ3) is 5.64. The minimum absolute atomic E-state index is 0.689. The summed E-state index contributed by atoms with van der Waals surface area (Å²) in [5.41, 5.74) is 7.57. The molecule has 0 saturated heterocycles. The fourth-order valence-electron chi connectivity index (χ4n) is 4.90. The van der Waals surface area contributed by atoms with Crippen LogP contribution in [-0.2, 0) is 6.54 Å². The van der Waals surface area contributed by atoms with E-state index in [1.54, 1.807) is 0 Å². The van der Waals surface area contributed by atoms with Crippen LogP contribution in [0.2, 0.25) is 0 Å². The molecule has 5 rings (SSSR count). The van der Waals surface area contributed by atoms with Crippen molar-refractivity contribution in [3.05, 3.63) is 107 Å². The number of furan rings is 2. The summed E-state index contributed by atoms with van der Waals surface area (Å²) < 4.78 is 14.7. The lowest BCUT2D eigenvalue weighted by Gasteiger charge is -2.07. The number of allylic oxidation sites excluding steroid dienone is 6. The zero-order chi connectivity index (χ0) is 29.8. The van der Waals surface area contributed by atoms with E-state index >= 15 is 0 Å². The quantitative estimate of drug-likeness (QED) is 0.142. The molecule has 0 spiro atoms. The van der Waals surface area contributed by atoms with Crippen LogP contribution in [0.25, 0.3) is 56.6 Å². The lowest BCUT2D eigenvalue weighted by molar-refractivity contribution is 0.571. The molecule has 42 heavy (non-hydrogen) atoms. The van der Waals surface area contributed by atoms with Crippen molar-refractivity contribution in [2.45, 2.75) is 47.6 Å². The molecule has 0 fully saturated rings. The molecule has 0 aliphatic carbocycles. The van der Waals surface area contributed by atoms with E-state index in [1.165, 1.54) is 10.8 Å². The van der Waals surface area contributed by atoms with Crippen LogP contribution >= 0.6 is 0 Å². The number of fused-ring (bicyclic) bond motifs is 3. The van der Waals surface area contributed by atoms with Gasteiger partial charge in [-0.25, -0.2) is 0 Å². The van der Waals surface area contributed by atoms with Gasteiger partial charge in [0.1, 0.15) is 23.0 Å². The molecule has 0 amide bonds. The number of nitrogens with zero attached hydrogens (tertiary/aromatic N) is 3. The molecule has 5 nitrogen and oxygen atoms in total. The Bertz CT molecular complexity index is 1860. The van der Waals surface area contributed by atoms with Crippen molar-refractivity contribution in [1.82, 2.24) is 4.57 Å². The van der Waals surface area contributed by atoms with E-state index in [-0.39, 0.29) is 0 Å². The number of aromatic nitrogens is 1. The highest BCUT2D eigenvalue weighted by Gasteiger charge is 2.15. The molecule has 0 unspecified atom stereocenters. The highest BCUT2D eigenvalue weighted by Crippen LogP contribution is 2.36. The molecule has 0 atom stereocenters. The molecule has 0 aliphatic rings. The minimum atomic E-state index is 0.689. The molecule has 208 valence electrons. The number of aryl methyl sites for hydroxylation is 1. The molecular weight excluding hydrogens is 518 g/mol. The van der Waals surface area contributed by atoms with Gasteiger partial charge in [-0.2, -0.15) is 10.5 Å². The summed E-state index contributed by atoms with van der Waals surface area (Å²) in [6.07, 6.45) is 8.62. The minimum Gasteiger partial charge on any atom is -0.457 e. The van der Waals surface area contributed by atoms with Gasteiger partial charge in [0.25, 0.3) is 0 Å². The highest BCUT2D eigenvalue weighted by molar-refractivity contribution is 6.09. The molecule has 0 N–H and O–H groups in total. The molecule has 0 aliphatic heterocycles. The monoisotopic (exact) mass is 551 g/mol. The van der Waals surface area contributed by atoms with Gasteiger partial charge in [0.2, 0.25) is 0 Å². The Labute approximate surface area is 246 Å². The van der Waals surface area contributed by atoms with Crippen molar-refractivity contribution in [3.8, 4) is 34.8 Å². The Balaban J connectivity index is 1.51. The first-order valence-electron chi connectivity index (χ1n) is 14.1. The predicted octanol–water partition coefficient (Wildman–Crippen LogP) is 10.5. The summed E-state index contributed by atoms with van der Waals surface area (Å²) in [6, 6.07) is 25.2. The van der Waals surface area contributed by atoms with Crippen molar-refractivity contribution < 1.29 is 8.83 Å². The molecule has 0 bridgehead atoms. The van der Waals surface area contributed by atoms with Crippen LogP contribution in [0.3, 0.4) is 0 Å². The Morgan fingerprint density at radius 2 is 1.14 bits per heavy atom. The zero-order valence-corrected chi connectivity index (χ0v) is 24.7. The maximum atomic E-state index is 9.10. The van der Waals surface area contributed by atoms with E-state index in [0.29, 0.717) is 11.1 Å². The molecule has 5 heteroatoms. The largest absolute Gasteiger partial charge is 0.457 e. The number of hydrogen-bond acceptors (Lipinski definition) is 4. The van der Waals surface area contributed by atoms with Crippen molar-refractivity contribution >= 4 is 34.0 Å². The van der Waals surface area contributed by atoms with Crippen LogP contribution in [0.4, 0.5) is 0 Å². The second-order valence-corrected chi connectivity index (χ2v) is 10.5. The number of nitriles is 2. The van der Waals surface area contributed by atoms with Gasteiger partial charge >= 0.3 is 0 Å². The summed E-state index contributed by atoms with van der Waals surface area (Å²) in [4.78, 5) is 0. The van der Waals surface area contributed by atoms with E-state index in [4.69, 9.17) is 19.4 Å². The highest BCUT2D eigenvalue weighted by atomic mass is 16.3. The van der Waals surface area contributed by atoms with Gasteiger partial charge in [-0.1, -0.05) is 43.3 Å². The van der Waals surface area contributed by atoms with Crippen molar-refractivity contribution in [1.29, 1.82) is 10.5 Å². The predicted molar refractivity (Wildman–Crippen MR) is 171 cm³/mol. The van der Waals surface area contributed by atoms with E-state index in [1.807, 2.05) is 76.3 Å². The van der Waals surface area contributed by atoms with Crippen LogP contribution in [0.5, 0.6) is 0 Å². The average Bonchev–Trinajstić information content (AvgIpc) is 3.76. The first-order chi connectivity index (χ1) is 20.3. The Morgan fingerprint density at radius 1 is 0.690 bits per heavy atom. The van der Waals surface area contributed by atoms with Gasteiger partial charge in [-0.15, -0.1) is 0 Å². The van der Waals surface area contributed by atoms with Gasteiger partial charge in [0.15, 0.2) is 0 Å². The Morgan fingerprint density at radius 3 is 1.55 bits per heavy atom. The maximum Gasteiger partial charge on any atom is 0.134 e. The maximum absolute atomic E-state index is 9.10. The van der Waals surface area contributed by atoms with E-state index in [2.05, 4.69) is 60.0 Å². The standard InChI is InChI=1S/C37H33N3O2/c1-6-19-40-34-20-28(36-17-13-30(41-36)11-7-24(2)26(4)22-38)9-15-32(34)33-16-10-29(21-35(33)40)37-18-14-31(42-37)12-8-25(3)27(5)23-39/h7-18,20-21H,6,19H2,1-5H3/b11-7+,12-8+,26-24-,27-25-. The molecule has 2 aromatic carbocycles. The van der Waals surface area contributed by atoms with Crippen molar-refractivity contribution in [3.63, 3.8) is 0 Å². The third-order valence-corrected chi connectivity index (χ3v) is 7.65. The number of hydrogen-bond donors (Lipinski definition) is 0. The number of benzene rings is 2. The molecular formula is C37H33N3O2. The fraction of sp³-hybridized carbons (Fsp3) is 0.189. The van der Waals surface area contributed by atoms with Gasteiger partial charge in [0.05, 0.1) is 12.1 Å². The first kappa shape index (κ1) is 28.3. The zero-order valence-electron chi connectivity index (χ0n) is 24.7.